The Bertz CT molecular complexity index is 441. The summed E-state index contributed by atoms with van der Waals surface area (Å²) < 4.78 is 0. The maximum atomic E-state index is 4.07. The van der Waals surface area contributed by atoms with Gasteiger partial charge in [-0.25, -0.2) is 0 Å². The highest BCUT2D eigenvalue weighted by molar-refractivity contribution is 5.26. The van der Waals surface area contributed by atoms with Crippen LogP contribution in [0.4, 0.5) is 0 Å². The Kier molecular flexibility index (Phi) is 3.23. The van der Waals surface area contributed by atoms with Crippen molar-refractivity contribution in [3.63, 3.8) is 0 Å². The van der Waals surface area contributed by atoms with Crippen LogP contribution in [0.5, 0.6) is 0 Å². The summed E-state index contributed by atoms with van der Waals surface area (Å²) in [6.07, 6.45) is 14.5. The van der Waals surface area contributed by atoms with Crippen LogP contribution >= 0.6 is 0 Å². The van der Waals surface area contributed by atoms with E-state index in [0.29, 0.717) is 10.8 Å². The van der Waals surface area contributed by atoms with E-state index in [4.69, 9.17) is 0 Å². The van der Waals surface area contributed by atoms with Crippen LogP contribution < -0.4 is 0 Å². The first-order valence-electron chi connectivity index (χ1n) is 8.66. The molecule has 0 N–H and O–H groups in total. The van der Waals surface area contributed by atoms with Crippen molar-refractivity contribution in [1.29, 1.82) is 0 Å². The number of allylic oxidation sites excluding steroid dienone is 3. The zero-order valence-corrected chi connectivity index (χ0v) is 14.0. The fourth-order valence-corrected chi connectivity index (χ4v) is 6.01. The first kappa shape index (κ1) is 14.4. The van der Waals surface area contributed by atoms with Crippen LogP contribution in [0.2, 0.25) is 0 Å². The topological polar surface area (TPSA) is 0 Å². The largest absolute Gasteiger partial charge is 0.102 e. The molecule has 0 radical (unpaired) electrons. The Morgan fingerprint density at radius 2 is 1.85 bits per heavy atom. The number of hydrogen-bond donors (Lipinski definition) is 0. The lowest BCUT2D eigenvalue weighted by atomic mass is 9.45. The Morgan fingerprint density at radius 3 is 2.55 bits per heavy atom. The fraction of sp³-hybridized carbons (Fsp3) is 0.800. The second kappa shape index (κ2) is 4.49. The number of fused-ring (bicyclic) bond motifs is 3. The standard InChI is InChI=1S/C20H32/c1-6-19(4)13-10-16-15(14-19)8-9-17-18(2,3)11-7-12-20(16,17)5/h6,14,16-17H,1,7-13H2,2-5H3/t16-,17-,19-,20+/m0/s1. The van der Waals surface area contributed by atoms with Crippen molar-refractivity contribution in [3.05, 3.63) is 24.3 Å². The van der Waals surface area contributed by atoms with Gasteiger partial charge in [0.2, 0.25) is 0 Å². The highest BCUT2D eigenvalue weighted by atomic mass is 14.6. The molecule has 0 saturated heterocycles. The van der Waals surface area contributed by atoms with E-state index in [1.165, 1.54) is 44.9 Å². The van der Waals surface area contributed by atoms with Crippen LogP contribution in [0.25, 0.3) is 0 Å². The molecule has 0 unspecified atom stereocenters. The summed E-state index contributed by atoms with van der Waals surface area (Å²) in [7, 11) is 0. The quantitative estimate of drug-likeness (QED) is 0.503. The molecule has 2 fully saturated rings. The molecule has 0 amide bonds. The van der Waals surface area contributed by atoms with Gasteiger partial charge in [0.15, 0.2) is 0 Å². The SMILES string of the molecule is C=C[C@]1(C)C=C2CC[C@H]3C(C)(C)CCC[C@]3(C)[C@H]2CC1. The van der Waals surface area contributed by atoms with E-state index in [2.05, 4.69) is 46.4 Å². The smallest absolute Gasteiger partial charge is 0.00330 e. The van der Waals surface area contributed by atoms with E-state index in [1.807, 2.05) is 0 Å². The lowest BCUT2D eigenvalue weighted by Gasteiger charge is -2.59. The third kappa shape index (κ3) is 2.02. The molecule has 0 heteroatoms. The van der Waals surface area contributed by atoms with Crippen molar-refractivity contribution >= 4 is 0 Å². The summed E-state index contributed by atoms with van der Waals surface area (Å²) in [6.45, 7) is 14.1. The first-order valence-corrected chi connectivity index (χ1v) is 8.66. The molecule has 2 saturated carbocycles. The predicted molar refractivity (Wildman–Crippen MR) is 87.6 cm³/mol. The molecule has 112 valence electrons. The van der Waals surface area contributed by atoms with Gasteiger partial charge in [-0.05, 0) is 61.2 Å². The van der Waals surface area contributed by atoms with E-state index in [1.54, 1.807) is 5.57 Å². The maximum absolute atomic E-state index is 4.07. The zero-order valence-electron chi connectivity index (χ0n) is 14.0. The molecule has 0 aromatic heterocycles. The minimum Gasteiger partial charge on any atom is -0.102 e. The van der Waals surface area contributed by atoms with Gasteiger partial charge in [-0.2, -0.15) is 0 Å². The molecule has 0 nitrogen and oxygen atoms in total. The first-order chi connectivity index (χ1) is 9.31. The van der Waals surface area contributed by atoms with Crippen LogP contribution in [-0.4, -0.2) is 0 Å². The second-order valence-electron chi connectivity index (χ2n) is 8.96. The molecule has 4 atom stereocenters. The highest BCUT2D eigenvalue weighted by Gasteiger charge is 2.54. The van der Waals surface area contributed by atoms with Crippen molar-refractivity contribution in [2.75, 3.05) is 0 Å². The zero-order chi connectivity index (χ0) is 14.6. The summed E-state index contributed by atoms with van der Waals surface area (Å²) in [6, 6.07) is 0. The van der Waals surface area contributed by atoms with E-state index in [0.717, 1.165) is 11.8 Å². The third-order valence-corrected chi connectivity index (χ3v) is 7.19. The van der Waals surface area contributed by atoms with E-state index in [9.17, 15) is 0 Å². The lowest BCUT2D eigenvalue weighted by molar-refractivity contribution is -0.0587. The van der Waals surface area contributed by atoms with Crippen LogP contribution in [-0.2, 0) is 0 Å². The molecule has 0 spiro atoms. The lowest BCUT2D eigenvalue weighted by Crippen LogP contribution is -2.50. The number of rotatable bonds is 1. The third-order valence-electron chi connectivity index (χ3n) is 7.19. The second-order valence-corrected chi connectivity index (χ2v) is 8.96. The van der Waals surface area contributed by atoms with Gasteiger partial charge in [0.05, 0.1) is 0 Å². The van der Waals surface area contributed by atoms with Gasteiger partial charge in [-0.3, -0.25) is 0 Å². The molecule has 0 aliphatic heterocycles. The van der Waals surface area contributed by atoms with Crippen molar-refractivity contribution in [3.8, 4) is 0 Å². The highest BCUT2D eigenvalue weighted by Crippen LogP contribution is 2.63. The normalized spacial score (nSPS) is 46.9. The van der Waals surface area contributed by atoms with Gasteiger partial charge in [0.25, 0.3) is 0 Å². The molecular weight excluding hydrogens is 240 g/mol. The van der Waals surface area contributed by atoms with Gasteiger partial charge in [-0.1, -0.05) is 51.8 Å². The van der Waals surface area contributed by atoms with Gasteiger partial charge in [0, 0.05) is 5.41 Å². The summed E-state index contributed by atoms with van der Waals surface area (Å²) in [5.74, 6) is 1.79. The molecule has 20 heavy (non-hydrogen) atoms. The van der Waals surface area contributed by atoms with Crippen LogP contribution in [0.1, 0.15) is 72.6 Å². The van der Waals surface area contributed by atoms with Gasteiger partial charge in [-0.15, -0.1) is 6.58 Å². The predicted octanol–water partition coefficient (Wildman–Crippen LogP) is 6.14. The van der Waals surface area contributed by atoms with E-state index >= 15 is 0 Å². The van der Waals surface area contributed by atoms with E-state index in [-0.39, 0.29) is 5.41 Å². The Morgan fingerprint density at radius 1 is 1.10 bits per heavy atom. The minimum atomic E-state index is 0.263. The van der Waals surface area contributed by atoms with Crippen molar-refractivity contribution in [2.45, 2.75) is 72.6 Å². The molecule has 0 aromatic carbocycles. The molecule has 0 bridgehead atoms. The molecule has 0 aromatic rings. The summed E-state index contributed by atoms with van der Waals surface area (Å²) in [5.41, 5.74) is 3.15. The van der Waals surface area contributed by atoms with Crippen molar-refractivity contribution in [1.82, 2.24) is 0 Å². The molecular formula is C20H32. The average molecular weight is 272 g/mol. The Hall–Kier alpha value is -0.520. The van der Waals surface area contributed by atoms with Crippen molar-refractivity contribution < 1.29 is 0 Å². The fourth-order valence-electron chi connectivity index (χ4n) is 6.01. The Balaban J connectivity index is 1.97. The molecule has 3 rings (SSSR count). The molecule has 3 aliphatic rings. The van der Waals surface area contributed by atoms with Crippen LogP contribution in [0, 0.1) is 28.1 Å². The summed E-state index contributed by atoms with van der Waals surface area (Å²) in [5, 5.41) is 0. The van der Waals surface area contributed by atoms with Crippen molar-refractivity contribution in [2.24, 2.45) is 28.1 Å². The van der Waals surface area contributed by atoms with Crippen LogP contribution in [0.3, 0.4) is 0 Å². The van der Waals surface area contributed by atoms with Gasteiger partial charge in [0.1, 0.15) is 0 Å². The van der Waals surface area contributed by atoms with E-state index < -0.39 is 0 Å². The maximum Gasteiger partial charge on any atom is 0.00330 e. The monoisotopic (exact) mass is 272 g/mol. The average Bonchev–Trinajstić information content (AvgIpc) is 2.37. The summed E-state index contributed by atoms with van der Waals surface area (Å²) >= 11 is 0. The van der Waals surface area contributed by atoms with Crippen LogP contribution in [0.15, 0.2) is 24.3 Å². The number of hydrogen-bond acceptors (Lipinski definition) is 0. The molecule has 3 aliphatic carbocycles. The Labute approximate surface area is 125 Å². The minimum absolute atomic E-state index is 0.263. The molecule has 0 heterocycles. The van der Waals surface area contributed by atoms with Gasteiger partial charge < -0.3 is 0 Å². The van der Waals surface area contributed by atoms with Gasteiger partial charge >= 0.3 is 0 Å². The summed E-state index contributed by atoms with van der Waals surface area (Å²) in [4.78, 5) is 0.